The number of benzene rings is 4. The summed E-state index contributed by atoms with van der Waals surface area (Å²) in [6, 6.07) is 23.2. The summed E-state index contributed by atoms with van der Waals surface area (Å²) in [4.78, 5) is 2.40. The van der Waals surface area contributed by atoms with Crippen LogP contribution in [0.1, 0.15) is 11.1 Å². The average molecular weight is 382 g/mol. The third-order valence-electron chi connectivity index (χ3n) is 7.55. The molecule has 140 valence electrons. The summed E-state index contributed by atoms with van der Waals surface area (Å²) in [5.41, 5.74) is 16.6. The fourth-order valence-electron chi connectivity index (χ4n) is 6.54. The first-order valence-electron chi connectivity index (χ1n) is 10.7. The van der Waals surface area contributed by atoms with Gasteiger partial charge < -0.3 is 9.38 Å². The van der Waals surface area contributed by atoms with Crippen LogP contribution in [0.15, 0.2) is 60.7 Å². The number of hydrogen-bond acceptors (Lipinski definition) is 1. The Morgan fingerprint density at radius 1 is 0.633 bits per heavy atom. The SMILES string of the molecule is Cc1cc2c3c(c1)c1cc(C)cc4c1n3B1c3c-2cccc3N(C)c2cccc-4c21. The molecule has 0 bridgehead atoms. The molecular formula is C27H19BN2. The van der Waals surface area contributed by atoms with E-state index >= 15 is 0 Å². The Bertz CT molecular complexity index is 1520. The van der Waals surface area contributed by atoms with Gasteiger partial charge in [0.15, 0.2) is 0 Å². The third kappa shape index (κ3) is 1.46. The Hall–Kier alpha value is -3.46. The fourth-order valence-corrected chi connectivity index (χ4v) is 6.54. The van der Waals surface area contributed by atoms with Crippen molar-refractivity contribution in [1.82, 2.24) is 4.48 Å². The second-order valence-electron chi connectivity index (χ2n) is 9.23. The molecule has 8 rings (SSSR count). The molecule has 2 nitrogen and oxygen atoms in total. The number of nitrogens with zero attached hydrogens (tertiary/aromatic N) is 2. The quantitative estimate of drug-likeness (QED) is 0.331. The Labute approximate surface area is 175 Å². The van der Waals surface area contributed by atoms with Crippen LogP contribution in [0, 0.1) is 13.8 Å². The van der Waals surface area contributed by atoms with Gasteiger partial charge in [-0.2, -0.15) is 0 Å². The Morgan fingerprint density at radius 3 is 1.63 bits per heavy atom. The van der Waals surface area contributed by atoms with E-state index in [0.29, 0.717) is 0 Å². The van der Waals surface area contributed by atoms with Crippen molar-refractivity contribution in [3.8, 4) is 22.3 Å². The van der Waals surface area contributed by atoms with Crippen molar-refractivity contribution < 1.29 is 0 Å². The first-order chi connectivity index (χ1) is 14.6. The summed E-state index contributed by atoms with van der Waals surface area (Å²) in [7, 11) is 2.22. The highest BCUT2D eigenvalue weighted by atomic mass is 15.1. The lowest BCUT2D eigenvalue weighted by atomic mass is 9.43. The maximum Gasteiger partial charge on any atom is 0.333 e. The standard InChI is InChI=1S/C27H19BN2/c1-14-10-18-16-6-4-8-22-24(16)28-25-17(7-5-9-23(25)29(22)3)19-11-15(2)13-21-20(12-14)26(18)30(28)27(19)21/h4-13H,1-3H3. The molecule has 0 atom stereocenters. The van der Waals surface area contributed by atoms with Crippen LogP contribution in [0.25, 0.3) is 44.1 Å². The molecule has 0 N–H and O–H groups in total. The lowest BCUT2D eigenvalue weighted by molar-refractivity contribution is 1.19. The van der Waals surface area contributed by atoms with Crippen LogP contribution in [0.5, 0.6) is 0 Å². The second-order valence-corrected chi connectivity index (χ2v) is 9.23. The molecule has 3 heteroatoms. The first-order valence-corrected chi connectivity index (χ1v) is 10.7. The summed E-state index contributed by atoms with van der Waals surface area (Å²) in [5, 5.41) is 2.79. The molecule has 0 amide bonds. The van der Waals surface area contributed by atoms with Gasteiger partial charge in [0.2, 0.25) is 0 Å². The smallest absolute Gasteiger partial charge is 0.333 e. The minimum Gasteiger partial charge on any atom is -0.375 e. The highest BCUT2D eigenvalue weighted by Gasteiger charge is 2.45. The van der Waals surface area contributed by atoms with Crippen molar-refractivity contribution in [2.45, 2.75) is 13.8 Å². The van der Waals surface area contributed by atoms with Gasteiger partial charge in [0.25, 0.3) is 0 Å². The summed E-state index contributed by atoms with van der Waals surface area (Å²) < 4.78 is 2.67. The molecule has 3 aliphatic rings. The van der Waals surface area contributed by atoms with Crippen molar-refractivity contribution in [2.75, 3.05) is 11.9 Å². The van der Waals surface area contributed by atoms with Gasteiger partial charge in [-0.15, -0.1) is 0 Å². The van der Waals surface area contributed by atoms with Crippen LogP contribution in [0.4, 0.5) is 11.4 Å². The first kappa shape index (κ1) is 15.4. The fraction of sp³-hybridized carbons (Fsp3) is 0.111. The molecule has 5 aromatic rings. The summed E-state index contributed by atoms with van der Waals surface area (Å²) >= 11 is 0. The summed E-state index contributed by atoms with van der Waals surface area (Å²) in [5.74, 6) is 0. The van der Waals surface area contributed by atoms with Gasteiger partial charge >= 0.3 is 6.85 Å². The molecule has 3 aliphatic heterocycles. The lowest BCUT2D eigenvalue weighted by Crippen LogP contribution is -2.58. The molecule has 1 aromatic heterocycles. The molecule has 0 aliphatic carbocycles. The van der Waals surface area contributed by atoms with Crippen LogP contribution in [-0.2, 0) is 0 Å². The molecule has 4 aromatic carbocycles. The van der Waals surface area contributed by atoms with E-state index in [1.807, 2.05) is 0 Å². The van der Waals surface area contributed by atoms with Crippen molar-refractivity contribution in [2.24, 2.45) is 0 Å². The van der Waals surface area contributed by atoms with Crippen LogP contribution in [-0.4, -0.2) is 18.4 Å². The largest absolute Gasteiger partial charge is 0.375 e. The van der Waals surface area contributed by atoms with E-state index < -0.39 is 0 Å². The van der Waals surface area contributed by atoms with E-state index in [2.05, 4.69) is 90.9 Å². The van der Waals surface area contributed by atoms with Crippen molar-refractivity contribution >= 4 is 51.0 Å². The van der Waals surface area contributed by atoms with E-state index in [0.717, 1.165) is 0 Å². The number of aromatic nitrogens is 1. The zero-order valence-electron chi connectivity index (χ0n) is 17.2. The molecule has 0 unspecified atom stereocenters. The molecule has 0 radical (unpaired) electrons. The van der Waals surface area contributed by atoms with Crippen molar-refractivity contribution in [1.29, 1.82) is 0 Å². The van der Waals surface area contributed by atoms with Crippen molar-refractivity contribution in [3.05, 3.63) is 71.8 Å². The van der Waals surface area contributed by atoms with Crippen LogP contribution in [0.3, 0.4) is 0 Å². The normalized spacial score (nSPS) is 14.4. The minimum absolute atomic E-state index is 0.254. The monoisotopic (exact) mass is 382 g/mol. The van der Waals surface area contributed by atoms with E-state index in [9.17, 15) is 0 Å². The van der Waals surface area contributed by atoms with Gasteiger partial charge in [-0.3, -0.25) is 0 Å². The Kier molecular flexibility index (Phi) is 2.38. The molecule has 30 heavy (non-hydrogen) atoms. The van der Waals surface area contributed by atoms with Gasteiger partial charge in [-0.05, 0) is 83.4 Å². The predicted molar refractivity (Wildman–Crippen MR) is 128 cm³/mol. The van der Waals surface area contributed by atoms with Gasteiger partial charge in [-0.25, -0.2) is 0 Å². The Morgan fingerprint density at radius 2 is 1.13 bits per heavy atom. The van der Waals surface area contributed by atoms with Crippen molar-refractivity contribution in [3.63, 3.8) is 0 Å². The number of fused-ring (bicyclic) bond motifs is 3. The van der Waals surface area contributed by atoms with Gasteiger partial charge in [-0.1, -0.05) is 24.3 Å². The Balaban J connectivity index is 1.77. The second kappa shape index (κ2) is 4.65. The number of hydrogen-bond donors (Lipinski definition) is 0. The maximum absolute atomic E-state index is 2.67. The van der Waals surface area contributed by atoms with Crippen LogP contribution < -0.4 is 15.8 Å². The molecule has 0 saturated carbocycles. The minimum atomic E-state index is 0.254. The number of anilines is 2. The molecule has 0 saturated heterocycles. The third-order valence-corrected chi connectivity index (χ3v) is 7.55. The zero-order chi connectivity index (χ0) is 19.9. The highest BCUT2D eigenvalue weighted by Crippen LogP contribution is 2.48. The van der Waals surface area contributed by atoms with E-state index in [4.69, 9.17) is 0 Å². The molecule has 0 fully saturated rings. The van der Waals surface area contributed by atoms with E-state index in [1.54, 1.807) is 0 Å². The zero-order valence-corrected chi connectivity index (χ0v) is 17.2. The number of rotatable bonds is 0. The van der Waals surface area contributed by atoms with Crippen LogP contribution >= 0.6 is 0 Å². The van der Waals surface area contributed by atoms with E-state index in [-0.39, 0.29) is 6.85 Å². The highest BCUT2D eigenvalue weighted by molar-refractivity contribution is 6.91. The topological polar surface area (TPSA) is 8.17 Å². The lowest BCUT2D eigenvalue weighted by Gasteiger charge is -2.41. The molecule has 4 heterocycles. The van der Waals surface area contributed by atoms with E-state index in [1.165, 1.54) is 77.5 Å². The predicted octanol–water partition coefficient (Wildman–Crippen LogP) is 5.11. The van der Waals surface area contributed by atoms with Gasteiger partial charge in [0, 0.05) is 51.4 Å². The molecular weight excluding hydrogens is 363 g/mol. The summed E-state index contributed by atoms with van der Waals surface area (Å²) in [6.07, 6.45) is 0. The maximum atomic E-state index is 2.67. The summed E-state index contributed by atoms with van der Waals surface area (Å²) in [6.45, 7) is 4.72. The van der Waals surface area contributed by atoms with Gasteiger partial charge in [0.1, 0.15) is 0 Å². The van der Waals surface area contributed by atoms with Gasteiger partial charge in [0.05, 0.1) is 0 Å². The molecule has 0 spiro atoms. The number of aryl methyl sites for hydroxylation is 2. The average Bonchev–Trinajstić information content (AvgIpc) is 3.07. The van der Waals surface area contributed by atoms with Crippen LogP contribution in [0.2, 0.25) is 0 Å².